The second-order valence-corrected chi connectivity index (χ2v) is 14.6. The molecule has 0 aromatic heterocycles. The summed E-state index contributed by atoms with van der Waals surface area (Å²) < 4.78 is 0. The van der Waals surface area contributed by atoms with Crippen LogP contribution in [0.2, 0.25) is 0 Å². The molecule has 4 saturated carbocycles. The van der Waals surface area contributed by atoms with Crippen molar-refractivity contribution in [1.82, 2.24) is 4.90 Å². The fourth-order valence-corrected chi connectivity index (χ4v) is 10.7. The Balaban J connectivity index is 1.32. The van der Waals surface area contributed by atoms with Crippen molar-refractivity contribution >= 4 is 5.78 Å². The summed E-state index contributed by atoms with van der Waals surface area (Å²) in [5, 5.41) is 12.0. The summed E-state index contributed by atoms with van der Waals surface area (Å²) in [5.41, 5.74) is 3.80. The van der Waals surface area contributed by atoms with Gasteiger partial charge in [-0.1, -0.05) is 48.8 Å². The molecule has 0 radical (unpaired) electrons. The fraction of sp³-hybridized carbons (Fsp3) is 0.806. The van der Waals surface area contributed by atoms with E-state index in [0.717, 1.165) is 50.6 Å². The molecule has 6 rings (SSSR count). The van der Waals surface area contributed by atoms with Crippen molar-refractivity contribution in [2.45, 2.75) is 147 Å². The highest BCUT2D eigenvalue weighted by molar-refractivity contribution is 5.91. The van der Waals surface area contributed by atoms with Crippen LogP contribution in [0.4, 0.5) is 0 Å². The van der Waals surface area contributed by atoms with E-state index in [2.05, 4.69) is 30.7 Å². The van der Waals surface area contributed by atoms with Gasteiger partial charge in [0.15, 0.2) is 5.78 Å². The molecule has 0 spiro atoms. The molecule has 0 amide bonds. The lowest BCUT2D eigenvalue weighted by molar-refractivity contribution is -0.114. The molecule has 6 aliphatic carbocycles. The number of rotatable bonds is 3. The van der Waals surface area contributed by atoms with Gasteiger partial charge in [0, 0.05) is 23.9 Å². The first-order chi connectivity index (χ1) is 18.8. The summed E-state index contributed by atoms with van der Waals surface area (Å²) in [6, 6.07) is 1.53. The second-order valence-electron chi connectivity index (χ2n) is 14.6. The van der Waals surface area contributed by atoms with Gasteiger partial charge in [0.1, 0.15) is 5.60 Å². The summed E-state index contributed by atoms with van der Waals surface area (Å²) in [6.07, 6.45) is 23.5. The van der Waals surface area contributed by atoms with Crippen LogP contribution in [-0.4, -0.2) is 40.5 Å². The maximum Gasteiger partial charge on any atom is 0.155 e. The molecule has 3 heteroatoms. The van der Waals surface area contributed by atoms with E-state index in [4.69, 9.17) is 0 Å². The minimum atomic E-state index is -0.855. The van der Waals surface area contributed by atoms with Crippen LogP contribution in [0.1, 0.15) is 129 Å². The van der Waals surface area contributed by atoms with Crippen molar-refractivity contribution in [2.24, 2.45) is 29.1 Å². The van der Waals surface area contributed by atoms with E-state index in [1.165, 1.54) is 76.2 Å². The van der Waals surface area contributed by atoms with Crippen molar-refractivity contribution in [1.29, 1.82) is 0 Å². The van der Waals surface area contributed by atoms with Crippen molar-refractivity contribution in [3.05, 3.63) is 22.8 Å². The average molecular weight is 532 g/mol. The van der Waals surface area contributed by atoms with Gasteiger partial charge in [0.2, 0.25) is 0 Å². The largest absolute Gasteiger partial charge is 0.377 e. The summed E-state index contributed by atoms with van der Waals surface area (Å²) in [7, 11) is 2.42. The third-order valence-electron chi connectivity index (χ3n) is 12.8. The molecule has 3 nitrogen and oxygen atoms in total. The molecule has 0 saturated heterocycles. The molecule has 0 aromatic rings. The summed E-state index contributed by atoms with van der Waals surface area (Å²) in [5.74, 6) is 9.15. The van der Waals surface area contributed by atoms with Gasteiger partial charge in [0.25, 0.3) is 0 Å². The zero-order valence-corrected chi connectivity index (χ0v) is 25.1. The zero-order chi connectivity index (χ0) is 27.2. The molecule has 5 unspecified atom stereocenters. The molecule has 0 aromatic carbocycles. The predicted molar refractivity (Wildman–Crippen MR) is 159 cm³/mol. The Morgan fingerprint density at radius 3 is 2.38 bits per heavy atom. The van der Waals surface area contributed by atoms with E-state index < -0.39 is 5.60 Å². The lowest BCUT2D eigenvalue weighted by Gasteiger charge is -2.55. The first kappa shape index (κ1) is 27.8. The Kier molecular flexibility index (Phi) is 7.93. The van der Waals surface area contributed by atoms with E-state index in [9.17, 15) is 9.90 Å². The van der Waals surface area contributed by atoms with E-state index in [1.54, 1.807) is 11.1 Å². The lowest BCUT2D eigenvalue weighted by Crippen LogP contribution is -2.52. The highest BCUT2D eigenvalue weighted by Gasteiger charge is 2.62. The minimum absolute atomic E-state index is 0.135. The van der Waals surface area contributed by atoms with Gasteiger partial charge >= 0.3 is 0 Å². The SMILES string of the molecule is CC#CC1(O)CCC2C3CCCC4=CC(=O)CC/C(=C/3C(C3CCC(N(C)C5CCCCC5)CC3)CC21C)C4. The maximum absolute atomic E-state index is 12.7. The summed E-state index contributed by atoms with van der Waals surface area (Å²) >= 11 is 0. The molecule has 5 atom stereocenters. The first-order valence-electron chi connectivity index (χ1n) is 16.7. The van der Waals surface area contributed by atoms with E-state index >= 15 is 0 Å². The van der Waals surface area contributed by atoms with Crippen LogP contribution in [0.5, 0.6) is 0 Å². The molecule has 39 heavy (non-hydrogen) atoms. The molecule has 0 aliphatic heterocycles. The van der Waals surface area contributed by atoms with Gasteiger partial charge in [0.05, 0.1) is 0 Å². The van der Waals surface area contributed by atoms with Crippen molar-refractivity contribution in [3.8, 4) is 11.8 Å². The quantitative estimate of drug-likeness (QED) is 0.299. The summed E-state index contributed by atoms with van der Waals surface area (Å²) in [4.78, 5) is 15.4. The van der Waals surface area contributed by atoms with Crippen molar-refractivity contribution in [3.63, 3.8) is 0 Å². The van der Waals surface area contributed by atoms with Crippen molar-refractivity contribution in [2.75, 3.05) is 7.05 Å². The van der Waals surface area contributed by atoms with Crippen LogP contribution in [0.3, 0.4) is 0 Å². The first-order valence-corrected chi connectivity index (χ1v) is 16.7. The number of aliphatic hydroxyl groups is 1. The van der Waals surface area contributed by atoms with Crippen LogP contribution < -0.4 is 0 Å². The van der Waals surface area contributed by atoms with Crippen LogP contribution in [-0.2, 0) is 4.79 Å². The number of hydrogen-bond acceptors (Lipinski definition) is 3. The monoisotopic (exact) mass is 531 g/mol. The van der Waals surface area contributed by atoms with Crippen LogP contribution >= 0.6 is 0 Å². The molecular formula is C36H53NO2. The smallest absolute Gasteiger partial charge is 0.155 e. The van der Waals surface area contributed by atoms with Crippen LogP contribution in [0, 0.1) is 40.9 Å². The molecule has 0 heterocycles. The number of allylic oxidation sites excluding steroid dienone is 4. The Morgan fingerprint density at radius 2 is 1.64 bits per heavy atom. The topological polar surface area (TPSA) is 40.5 Å². The normalized spacial score (nSPS) is 43.4. The van der Waals surface area contributed by atoms with E-state index in [0.29, 0.717) is 35.9 Å². The summed E-state index contributed by atoms with van der Waals surface area (Å²) in [6.45, 7) is 4.31. The number of ketones is 1. The third-order valence-corrected chi connectivity index (χ3v) is 12.8. The molecule has 1 N–H and O–H groups in total. The Hall–Kier alpha value is -1.37. The van der Waals surface area contributed by atoms with Gasteiger partial charge in [-0.2, -0.15) is 0 Å². The zero-order valence-electron chi connectivity index (χ0n) is 25.1. The van der Waals surface area contributed by atoms with Gasteiger partial charge in [-0.15, -0.1) is 5.92 Å². The van der Waals surface area contributed by atoms with E-state index in [-0.39, 0.29) is 5.41 Å². The van der Waals surface area contributed by atoms with Crippen LogP contribution in [0.15, 0.2) is 22.8 Å². The van der Waals surface area contributed by atoms with Crippen molar-refractivity contribution < 1.29 is 9.90 Å². The molecule has 4 fully saturated rings. The molecular weight excluding hydrogens is 478 g/mol. The van der Waals surface area contributed by atoms with E-state index in [1.807, 2.05) is 13.0 Å². The Bertz CT molecular complexity index is 1060. The average Bonchev–Trinajstić information content (AvgIpc) is 3.06. The standard InChI is InChI=1S/C36H53NO2/c1-4-20-36(39)21-19-33-31-12-8-9-25-22-27(15-18-30(38)23-25)34(31)32(24-35(33,36)2)26-13-16-29(17-14-26)37(3)28-10-6-5-7-11-28/h23,26,28-29,31-33,39H,5-19,21-22,24H2,1-3H3/b34-27+. The molecule has 214 valence electrons. The van der Waals surface area contributed by atoms with Gasteiger partial charge < -0.3 is 10.0 Å². The highest BCUT2D eigenvalue weighted by Crippen LogP contribution is 2.65. The predicted octanol–water partition coefficient (Wildman–Crippen LogP) is 7.78. The number of carbonyl (C=O) groups is 1. The third kappa shape index (κ3) is 5.01. The number of carbonyl (C=O) groups excluding carboxylic acids is 1. The number of fused-ring (bicyclic) bond motifs is 5. The highest BCUT2D eigenvalue weighted by atomic mass is 16.3. The fourth-order valence-electron chi connectivity index (χ4n) is 10.7. The number of hydrogen-bond donors (Lipinski definition) is 1. The maximum atomic E-state index is 12.7. The van der Waals surface area contributed by atoms with Gasteiger partial charge in [-0.25, -0.2) is 0 Å². The minimum Gasteiger partial charge on any atom is -0.377 e. The second kappa shape index (κ2) is 11.1. The number of nitrogens with zero attached hydrogens (tertiary/aromatic N) is 1. The van der Waals surface area contributed by atoms with Gasteiger partial charge in [-0.3, -0.25) is 4.79 Å². The Labute approximate surface area is 238 Å². The van der Waals surface area contributed by atoms with Crippen LogP contribution in [0.25, 0.3) is 0 Å². The van der Waals surface area contributed by atoms with Gasteiger partial charge in [-0.05, 0) is 134 Å². The Morgan fingerprint density at radius 1 is 0.897 bits per heavy atom. The molecule has 2 bridgehead atoms. The molecule has 6 aliphatic rings. The lowest BCUT2D eigenvalue weighted by atomic mass is 9.50.